The van der Waals surface area contributed by atoms with E-state index in [1.807, 2.05) is 72.8 Å². The molecule has 34 heavy (non-hydrogen) atoms. The summed E-state index contributed by atoms with van der Waals surface area (Å²) in [7, 11) is 0. The van der Waals surface area contributed by atoms with Gasteiger partial charge in [0.15, 0.2) is 0 Å². The average molecular weight is 521 g/mol. The Bertz CT molecular complexity index is 1370. The number of thiocarbonyl (C=S) groups is 1. The summed E-state index contributed by atoms with van der Waals surface area (Å²) in [5.74, 6) is -0.527. The number of benzene rings is 3. The van der Waals surface area contributed by atoms with Crippen molar-refractivity contribution in [3.8, 4) is 0 Å². The summed E-state index contributed by atoms with van der Waals surface area (Å²) in [6.07, 6.45) is 5.47. The number of allylic oxidation sites excluding steroid dienone is 2. The molecule has 3 aromatic rings. The van der Waals surface area contributed by atoms with Gasteiger partial charge in [-0.1, -0.05) is 102 Å². The average Bonchev–Trinajstić information content (AvgIpc) is 3.10. The highest BCUT2D eigenvalue weighted by atomic mass is 35.5. The maximum Gasteiger partial charge on any atom is 0.266 e. The quantitative estimate of drug-likeness (QED) is 0.275. The van der Waals surface area contributed by atoms with Gasteiger partial charge in [0, 0.05) is 14.8 Å². The minimum absolute atomic E-state index is 0.157. The molecule has 8 heteroatoms. The highest BCUT2D eigenvalue weighted by molar-refractivity contribution is 8.26. The molecule has 1 saturated heterocycles. The maximum absolute atomic E-state index is 13.6. The zero-order chi connectivity index (χ0) is 23.7. The highest BCUT2D eigenvalue weighted by Gasteiger charge is 2.36. The van der Waals surface area contributed by atoms with Crippen LogP contribution in [0.5, 0.6) is 0 Å². The van der Waals surface area contributed by atoms with Gasteiger partial charge in [-0.2, -0.15) is 0 Å². The number of amides is 2. The van der Waals surface area contributed by atoms with Crippen LogP contribution in [0.2, 0.25) is 5.02 Å². The number of carbonyl (C=O) groups is 2. The van der Waals surface area contributed by atoms with Crippen LogP contribution in [0.3, 0.4) is 0 Å². The van der Waals surface area contributed by atoms with Gasteiger partial charge in [-0.3, -0.25) is 19.4 Å². The predicted molar refractivity (Wildman–Crippen MR) is 145 cm³/mol. The van der Waals surface area contributed by atoms with Gasteiger partial charge in [0.2, 0.25) is 0 Å². The van der Waals surface area contributed by atoms with Crippen LogP contribution in [-0.4, -0.2) is 27.6 Å². The smallest absolute Gasteiger partial charge is 0.266 e. The first-order valence-corrected chi connectivity index (χ1v) is 12.8. The molecule has 5 rings (SSSR count). The van der Waals surface area contributed by atoms with Crippen molar-refractivity contribution >= 4 is 80.9 Å². The van der Waals surface area contributed by atoms with Crippen LogP contribution < -0.4 is 4.90 Å². The summed E-state index contributed by atoms with van der Waals surface area (Å²) in [6.45, 7) is -0.157. The minimum atomic E-state index is -0.271. The summed E-state index contributed by atoms with van der Waals surface area (Å²) >= 11 is 14.5. The summed E-state index contributed by atoms with van der Waals surface area (Å²) in [6, 6.07) is 23.0. The van der Waals surface area contributed by atoms with Crippen molar-refractivity contribution in [2.75, 3.05) is 11.4 Å². The molecular formula is C26H17ClN2O2S3. The normalized spacial score (nSPS) is 16.3. The number of nitrogens with zero attached hydrogens (tertiary/aromatic N) is 2. The topological polar surface area (TPSA) is 40.6 Å². The molecule has 3 aromatic carbocycles. The predicted octanol–water partition coefficient (Wildman–Crippen LogP) is 6.93. The maximum atomic E-state index is 13.6. The third kappa shape index (κ3) is 4.57. The summed E-state index contributed by atoms with van der Waals surface area (Å²) in [5.41, 5.74) is 2.50. The standard InChI is InChI=1S/C26H17ClN2O2S3/c27-18-13-14-22-20(15-18)29(19-10-4-5-11-21(19)33-22)24(30)16-28-25(31)23(34-26(28)32)12-6-9-17-7-2-1-3-8-17/h1-15H,16H2/b9-6+,23-12-. The van der Waals surface area contributed by atoms with E-state index in [1.54, 1.807) is 34.9 Å². The number of para-hydroxylation sites is 1. The van der Waals surface area contributed by atoms with E-state index < -0.39 is 0 Å². The molecule has 0 aliphatic carbocycles. The number of thioether (sulfide) groups is 1. The number of halogens is 1. The molecule has 168 valence electrons. The SMILES string of the molecule is O=C1/C(=C/C=C/c2ccccc2)SC(=S)N1CC(=O)N1c2ccccc2Sc2ccc(Cl)cc21. The van der Waals surface area contributed by atoms with Crippen molar-refractivity contribution < 1.29 is 9.59 Å². The van der Waals surface area contributed by atoms with E-state index >= 15 is 0 Å². The molecule has 0 spiro atoms. The fraction of sp³-hybridized carbons (Fsp3) is 0.0385. The molecule has 1 fully saturated rings. The van der Waals surface area contributed by atoms with E-state index in [-0.39, 0.29) is 18.4 Å². The monoisotopic (exact) mass is 520 g/mol. The molecule has 2 aliphatic rings. The third-order valence-electron chi connectivity index (χ3n) is 5.24. The van der Waals surface area contributed by atoms with Gasteiger partial charge in [-0.25, -0.2) is 0 Å². The molecule has 0 saturated carbocycles. The first kappa shape index (κ1) is 22.9. The molecule has 0 aromatic heterocycles. The second kappa shape index (κ2) is 9.80. The van der Waals surface area contributed by atoms with Gasteiger partial charge in [0.25, 0.3) is 11.8 Å². The van der Waals surface area contributed by atoms with Crippen molar-refractivity contribution in [3.05, 3.63) is 100 Å². The summed E-state index contributed by atoms with van der Waals surface area (Å²) in [4.78, 5) is 32.0. The Balaban J connectivity index is 1.39. The fourth-order valence-electron chi connectivity index (χ4n) is 3.66. The molecule has 2 amide bonds. The lowest BCUT2D eigenvalue weighted by atomic mass is 10.2. The highest BCUT2D eigenvalue weighted by Crippen LogP contribution is 2.49. The van der Waals surface area contributed by atoms with E-state index in [0.717, 1.165) is 21.0 Å². The Kier molecular flexibility index (Phi) is 6.61. The van der Waals surface area contributed by atoms with Crippen LogP contribution in [0.25, 0.3) is 6.08 Å². The van der Waals surface area contributed by atoms with Gasteiger partial charge in [0.1, 0.15) is 10.9 Å². The number of anilines is 2. The Morgan fingerprint density at radius 3 is 2.50 bits per heavy atom. The minimum Gasteiger partial charge on any atom is -0.283 e. The Morgan fingerprint density at radius 1 is 0.941 bits per heavy atom. The second-order valence-electron chi connectivity index (χ2n) is 7.47. The van der Waals surface area contributed by atoms with Gasteiger partial charge in [0.05, 0.1) is 16.3 Å². The van der Waals surface area contributed by atoms with E-state index in [9.17, 15) is 9.59 Å². The van der Waals surface area contributed by atoms with Crippen molar-refractivity contribution in [2.24, 2.45) is 0 Å². The van der Waals surface area contributed by atoms with Crippen LogP contribution in [0.15, 0.2) is 99.6 Å². The van der Waals surface area contributed by atoms with E-state index in [0.29, 0.717) is 19.9 Å². The van der Waals surface area contributed by atoms with Crippen LogP contribution in [0.1, 0.15) is 5.56 Å². The number of hydrogen-bond acceptors (Lipinski definition) is 5. The van der Waals surface area contributed by atoms with Gasteiger partial charge < -0.3 is 0 Å². The lowest BCUT2D eigenvalue weighted by Crippen LogP contribution is -2.41. The van der Waals surface area contributed by atoms with Gasteiger partial charge in [-0.05, 0) is 42.0 Å². The fourth-order valence-corrected chi connectivity index (χ4v) is 6.08. The first-order chi connectivity index (χ1) is 16.5. The van der Waals surface area contributed by atoms with Crippen LogP contribution in [0, 0.1) is 0 Å². The van der Waals surface area contributed by atoms with Gasteiger partial charge in [-0.15, -0.1) is 0 Å². The summed E-state index contributed by atoms with van der Waals surface area (Å²) < 4.78 is 0.365. The van der Waals surface area contributed by atoms with Crippen molar-refractivity contribution in [1.82, 2.24) is 4.90 Å². The number of carbonyl (C=O) groups excluding carboxylic acids is 2. The van der Waals surface area contributed by atoms with Crippen molar-refractivity contribution in [1.29, 1.82) is 0 Å². The third-order valence-corrected chi connectivity index (χ3v) is 8.00. The van der Waals surface area contributed by atoms with Crippen LogP contribution >= 0.6 is 47.3 Å². The molecule has 0 bridgehead atoms. The molecule has 0 radical (unpaired) electrons. The Morgan fingerprint density at radius 2 is 1.68 bits per heavy atom. The number of rotatable bonds is 4. The lowest BCUT2D eigenvalue weighted by Gasteiger charge is -2.32. The zero-order valence-corrected chi connectivity index (χ0v) is 20.9. The van der Waals surface area contributed by atoms with Crippen molar-refractivity contribution in [2.45, 2.75) is 9.79 Å². The lowest BCUT2D eigenvalue weighted by molar-refractivity contribution is -0.127. The molecule has 0 unspecified atom stereocenters. The molecule has 2 heterocycles. The Labute approximate surface area is 216 Å². The molecule has 2 aliphatic heterocycles. The molecule has 4 nitrogen and oxygen atoms in total. The van der Waals surface area contributed by atoms with E-state index in [4.69, 9.17) is 23.8 Å². The Hall–Kier alpha value is -2.84. The number of hydrogen-bond donors (Lipinski definition) is 0. The zero-order valence-electron chi connectivity index (χ0n) is 17.7. The van der Waals surface area contributed by atoms with Gasteiger partial charge >= 0.3 is 0 Å². The second-order valence-corrected chi connectivity index (χ2v) is 10.7. The molecule has 0 N–H and O–H groups in total. The number of fused-ring (bicyclic) bond motifs is 2. The largest absolute Gasteiger partial charge is 0.283 e. The van der Waals surface area contributed by atoms with E-state index in [2.05, 4.69) is 0 Å². The molecular weight excluding hydrogens is 504 g/mol. The van der Waals surface area contributed by atoms with Crippen LogP contribution in [0.4, 0.5) is 11.4 Å². The molecule has 0 atom stereocenters. The van der Waals surface area contributed by atoms with Crippen molar-refractivity contribution in [3.63, 3.8) is 0 Å². The summed E-state index contributed by atoms with van der Waals surface area (Å²) in [5, 5.41) is 0.537. The van der Waals surface area contributed by atoms with E-state index in [1.165, 1.54) is 16.7 Å². The van der Waals surface area contributed by atoms with Crippen LogP contribution in [-0.2, 0) is 9.59 Å². The first-order valence-electron chi connectivity index (χ1n) is 10.4.